The first-order chi connectivity index (χ1) is 20.4. The number of hydrogen-bond acceptors (Lipinski definition) is 5. The lowest BCUT2D eigenvalue weighted by Crippen LogP contribution is -2.32. The molecule has 0 fully saturated rings. The number of fused-ring (bicyclic) bond motifs is 3. The molecule has 5 aromatic rings. The Hall–Kier alpha value is -4.86. The predicted octanol–water partition coefficient (Wildman–Crippen LogP) is 7.31. The summed E-state index contributed by atoms with van der Waals surface area (Å²) in [5, 5.41) is 5.74. The first kappa shape index (κ1) is 27.3. The summed E-state index contributed by atoms with van der Waals surface area (Å²) in [5.41, 5.74) is 3.79. The van der Waals surface area contributed by atoms with Crippen LogP contribution in [0.15, 0.2) is 97.2 Å². The summed E-state index contributed by atoms with van der Waals surface area (Å²) in [7, 11) is 0. The molecule has 2 N–H and O–H groups in total. The third kappa shape index (κ3) is 5.52. The van der Waals surface area contributed by atoms with Crippen molar-refractivity contribution in [2.75, 3.05) is 22.1 Å². The van der Waals surface area contributed by atoms with Crippen LogP contribution >= 0.6 is 22.9 Å². The van der Waals surface area contributed by atoms with E-state index in [0.717, 1.165) is 10.4 Å². The third-order valence-corrected chi connectivity index (χ3v) is 8.31. The fourth-order valence-electron chi connectivity index (χ4n) is 4.76. The molecule has 42 heavy (non-hydrogen) atoms. The van der Waals surface area contributed by atoms with Crippen molar-refractivity contribution in [3.05, 3.63) is 130 Å². The summed E-state index contributed by atoms with van der Waals surface area (Å²) in [5.74, 6) is -1.44. The molecule has 10 heteroatoms. The second kappa shape index (κ2) is 11.6. The Morgan fingerprint density at radius 1 is 0.857 bits per heavy atom. The number of amides is 3. The van der Waals surface area contributed by atoms with Gasteiger partial charge in [-0.25, -0.2) is 9.37 Å². The SMILES string of the molecule is O=C(Nc1ccccc1)c1cc2c(s1)-c1ccc(F)cc1N(C(=O)c1ccc(NC(=O)c3cccnc3Cl)cc1)CC2. The van der Waals surface area contributed by atoms with E-state index in [0.29, 0.717) is 39.5 Å². The number of anilines is 3. The van der Waals surface area contributed by atoms with Gasteiger partial charge in [-0.1, -0.05) is 29.8 Å². The van der Waals surface area contributed by atoms with Gasteiger partial charge in [-0.05, 0) is 84.8 Å². The number of benzene rings is 3. The van der Waals surface area contributed by atoms with E-state index in [1.807, 2.05) is 36.4 Å². The highest BCUT2D eigenvalue weighted by atomic mass is 35.5. The van der Waals surface area contributed by atoms with Crippen molar-refractivity contribution in [1.29, 1.82) is 0 Å². The summed E-state index contributed by atoms with van der Waals surface area (Å²) >= 11 is 7.33. The number of aromatic nitrogens is 1. The number of carbonyl (C=O) groups is 3. The number of para-hydroxylation sites is 1. The Morgan fingerprint density at radius 3 is 2.36 bits per heavy atom. The predicted molar refractivity (Wildman–Crippen MR) is 163 cm³/mol. The topological polar surface area (TPSA) is 91.4 Å². The zero-order valence-electron chi connectivity index (χ0n) is 21.9. The molecule has 3 amide bonds. The van der Waals surface area contributed by atoms with E-state index in [1.54, 1.807) is 47.4 Å². The minimum absolute atomic E-state index is 0.0892. The number of carbonyl (C=O) groups excluding carboxylic acids is 3. The Balaban J connectivity index is 1.24. The average Bonchev–Trinajstić information content (AvgIpc) is 3.36. The van der Waals surface area contributed by atoms with E-state index in [9.17, 15) is 18.8 Å². The molecule has 0 atom stereocenters. The van der Waals surface area contributed by atoms with Gasteiger partial charge in [-0.3, -0.25) is 14.4 Å². The maximum absolute atomic E-state index is 14.5. The van der Waals surface area contributed by atoms with E-state index < -0.39 is 11.7 Å². The zero-order chi connectivity index (χ0) is 29.2. The van der Waals surface area contributed by atoms with E-state index >= 15 is 0 Å². The van der Waals surface area contributed by atoms with Gasteiger partial charge in [0.2, 0.25) is 0 Å². The van der Waals surface area contributed by atoms with Crippen LogP contribution in [-0.2, 0) is 6.42 Å². The fraction of sp³-hybridized carbons (Fsp3) is 0.0625. The largest absolute Gasteiger partial charge is 0.322 e. The fourth-order valence-corrected chi connectivity index (χ4v) is 6.10. The van der Waals surface area contributed by atoms with Crippen LogP contribution in [0.1, 0.15) is 36.0 Å². The van der Waals surface area contributed by atoms with Crippen molar-refractivity contribution in [1.82, 2.24) is 4.98 Å². The van der Waals surface area contributed by atoms with Crippen molar-refractivity contribution >= 4 is 57.7 Å². The van der Waals surface area contributed by atoms with Crippen molar-refractivity contribution in [3.8, 4) is 10.4 Å². The van der Waals surface area contributed by atoms with Crippen LogP contribution in [0.3, 0.4) is 0 Å². The monoisotopic (exact) mass is 596 g/mol. The van der Waals surface area contributed by atoms with Gasteiger partial charge in [0.05, 0.1) is 16.1 Å². The molecule has 7 nitrogen and oxygen atoms in total. The first-order valence-corrected chi connectivity index (χ1v) is 14.2. The summed E-state index contributed by atoms with van der Waals surface area (Å²) in [6, 6.07) is 25.0. The van der Waals surface area contributed by atoms with E-state index in [4.69, 9.17) is 11.6 Å². The first-order valence-electron chi connectivity index (χ1n) is 13.0. The number of nitrogens with one attached hydrogen (secondary N) is 2. The Bertz CT molecular complexity index is 1830. The van der Waals surface area contributed by atoms with Gasteiger partial charge >= 0.3 is 0 Å². The Morgan fingerprint density at radius 2 is 1.60 bits per heavy atom. The summed E-state index contributed by atoms with van der Waals surface area (Å²) < 4.78 is 14.5. The molecule has 0 unspecified atom stereocenters. The molecule has 0 bridgehead atoms. The minimum atomic E-state index is -0.472. The summed E-state index contributed by atoms with van der Waals surface area (Å²) in [6.07, 6.45) is 1.97. The van der Waals surface area contributed by atoms with Crippen molar-refractivity contribution < 1.29 is 18.8 Å². The summed E-state index contributed by atoms with van der Waals surface area (Å²) in [6.45, 7) is 0.288. The van der Waals surface area contributed by atoms with Crippen LogP contribution in [-0.4, -0.2) is 29.3 Å². The molecule has 0 saturated carbocycles. The maximum Gasteiger partial charge on any atom is 0.265 e. The molecule has 208 valence electrons. The Kier molecular flexibility index (Phi) is 7.52. The van der Waals surface area contributed by atoms with Gasteiger partial charge < -0.3 is 15.5 Å². The second-order valence-electron chi connectivity index (χ2n) is 9.53. The highest BCUT2D eigenvalue weighted by molar-refractivity contribution is 7.17. The molecule has 3 heterocycles. The lowest BCUT2D eigenvalue weighted by Gasteiger charge is -2.23. The highest BCUT2D eigenvalue weighted by Gasteiger charge is 2.28. The van der Waals surface area contributed by atoms with E-state index in [-0.39, 0.29) is 29.1 Å². The molecule has 0 radical (unpaired) electrons. The molecule has 1 aliphatic heterocycles. The van der Waals surface area contributed by atoms with Crippen LogP contribution in [0, 0.1) is 5.82 Å². The van der Waals surface area contributed by atoms with Gasteiger partial charge in [-0.15, -0.1) is 11.3 Å². The van der Waals surface area contributed by atoms with Crippen LogP contribution in [0.5, 0.6) is 0 Å². The molecular formula is C32H22ClFN4O3S. The number of hydrogen-bond donors (Lipinski definition) is 2. The molecular weight excluding hydrogens is 575 g/mol. The minimum Gasteiger partial charge on any atom is -0.322 e. The van der Waals surface area contributed by atoms with Gasteiger partial charge in [0.1, 0.15) is 11.0 Å². The normalized spacial score (nSPS) is 12.1. The van der Waals surface area contributed by atoms with Gasteiger partial charge in [0.15, 0.2) is 0 Å². The van der Waals surface area contributed by atoms with Crippen molar-refractivity contribution in [2.24, 2.45) is 0 Å². The zero-order valence-corrected chi connectivity index (χ0v) is 23.5. The molecule has 6 rings (SSSR count). The number of thiophene rings is 1. The number of rotatable bonds is 5. The van der Waals surface area contributed by atoms with Gasteiger partial charge in [0.25, 0.3) is 17.7 Å². The van der Waals surface area contributed by atoms with Crippen LogP contribution in [0.4, 0.5) is 21.5 Å². The number of nitrogens with zero attached hydrogens (tertiary/aromatic N) is 2. The second-order valence-corrected chi connectivity index (χ2v) is 10.9. The molecule has 2 aromatic heterocycles. The Labute approximate surface area is 249 Å². The average molecular weight is 597 g/mol. The smallest absolute Gasteiger partial charge is 0.265 e. The van der Waals surface area contributed by atoms with Crippen LogP contribution in [0.2, 0.25) is 5.15 Å². The van der Waals surface area contributed by atoms with Crippen molar-refractivity contribution in [3.63, 3.8) is 0 Å². The highest BCUT2D eigenvalue weighted by Crippen LogP contribution is 2.42. The summed E-state index contributed by atoms with van der Waals surface area (Å²) in [4.78, 5) is 46.1. The standard InChI is InChI=1S/C32H22ClFN4O3S/c33-29-25(7-4-15-35-29)30(39)36-23-11-8-19(9-12-23)32(41)38-16-14-20-17-27(31(40)37-22-5-2-1-3-6-22)42-28(20)24-13-10-21(34)18-26(24)38/h1-13,15,17-18H,14,16H2,(H,36,39)(H,37,40). The lowest BCUT2D eigenvalue weighted by atomic mass is 10.1. The quantitative estimate of drug-likeness (QED) is 0.208. The third-order valence-electron chi connectivity index (χ3n) is 6.80. The number of halogens is 2. The lowest BCUT2D eigenvalue weighted by molar-refractivity contribution is 0.0985. The molecule has 0 spiro atoms. The van der Waals surface area contributed by atoms with E-state index in [2.05, 4.69) is 15.6 Å². The van der Waals surface area contributed by atoms with E-state index in [1.165, 1.54) is 29.7 Å². The molecule has 1 aliphatic rings. The molecule has 0 saturated heterocycles. The maximum atomic E-state index is 14.5. The number of pyridine rings is 1. The molecule has 0 aliphatic carbocycles. The van der Waals surface area contributed by atoms with Gasteiger partial charge in [0, 0.05) is 40.1 Å². The van der Waals surface area contributed by atoms with Crippen LogP contribution < -0.4 is 15.5 Å². The van der Waals surface area contributed by atoms with Gasteiger partial charge in [-0.2, -0.15) is 0 Å². The van der Waals surface area contributed by atoms with Crippen molar-refractivity contribution in [2.45, 2.75) is 6.42 Å². The molecule has 3 aromatic carbocycles. The van der Waals surface area contributed by atoms with Crippen LogP contribution in [0.25, 0.3) is 10.4 Å².